The Hall–Kier alpha value is -3.02. The Kier molecular flexibility index (Phi) is 2.98. The van der Waals surface area contributed by atoms with Crippen molar-refractivity contribution in [1.29, 1.82) is 10.5 Å². The van der Waals surface area contributed by atoms with Gasteiger partial charge >= 0.3 is 0 Å². The van der Waals surface area contributed by atoms with E-state index >= 15 is 0 Å². The van der Waals surface area contributed by atoms with Gasteiger partial charge in [0.25, 0.3) is 0 Å². The molecular formula is C15H8ClN5. The van der Waals surface area contributed by atoms with Crippen LogP contribution >= 0.6 is 11.6 Å². The number of anilines is 1. The van der Waals surface area contributed by atoms with Gasteiger partial charge in [0.15, 0.2) is 0 Å². The van der Waals surface area contributed by atoms with Gasteiger partial charge < -0.3 is 5.73 Å². The summed E-state index contributed by atoms with van der Waals surface area (Å²) in [6.07, 6.45) is 0. The Morgan fingerprint density at radius 3 is 2.52 bits per heavy atom. The number of nitriles is 2. The molecule has 0 radical (unpaired) electrons. The first kappa shape index (κ1) is 13.0. The molecule has 2 aromatic carbocycles. The molecule has 5 nitrogen and oxygen atoms in total. The number of hydrogen-bond acceptors (Lipinski definition) is 4. The fourth-order valence-corrected chi connectivity index (χ4v) is 2.37. The summed E-state index contributed by atoms with van der Waals surface area (Å²) in [4.78, 5) is 4.26. The predicted molar refractivity (Wildman–Crippen MR) is 79.9 cm³/mol. The van der Waals surface area contributed by atoms with Crippen LogP contribution in [0.25, 0.3) is 16.7 Å². The molecule has 21 heavy (non-hydrogen) atoms. The molecule has 0 saturated carbocycles. The summed E-state index contributed by atoms with van der Waals surface area (Å²) in [5.74, 6) is 0.292. The van der Waals surface area contributed by atoms with Crippen molar-refractivity contribution in [3.63, 3.8) is 0 Å². The molecule has 0 atom stereocenters. The molecule has 6 heteroatoms. The molecular weight excluding hydrogens is 286 g/mol. The lowest BCUT2D eigenvalue weighted by Crippen LogP contribution is -2.01. The molecule has 0 saturated heterocycles. The van der Waals surface area contributed by atoms with Crippen molar-refractivity contribution >= 4 is 28.6 Å². The normalized spacial score (nSPS) is 10.2. The highest BCUT2D eigenvalue weighted by Crippen LogP contribution is 2.26. The number of nitrogen functional groups attached to an aromatic ring is 1. The summed E-state index contributed by atoms with van der Waals surface area (Å²) in [6.45, 7) is 0. The molecule has 3 aromatic rings. The lowest BCUT2D eigenvalue weighted by molar-refractivity contribution is 1.11. The molecule has 0 aliphatic rings. The van der Waals surface area contributed by atoms with Crippen LogP contribution in [0.3, 0.4) is 0 Å². The van der Waals surface area contributed by atoms with E-state index in [1.165, 1.54) is 0 Å². The first-order valence-corrected chi connectivity index (χ1v) is 6.40. The van der Waals surface area contributed by atoms with Gasteiger partial charge in [-0.15, -0.1) is 0 Å². The van der Waals surface area contributed by atoms with Gasteiger partial charge in [0.05, 0.1) is 27.8 Å². The van der Waals surface area contributed by atoms with Gasteiger partial charge in [-0.1, -0.05) is 11.6 Å². The van der Waals surface area contributed by atoms with Gasteiger partial charge in [0, 0.05) is 5.02 Å². The maximum absolute atomic E-state index is 9.12. The minimum absolute atomic E-state index is 0.290. The Morgan fingerprint density at radius 1 is 1.05 bits per heavy atom. The molecule has 0 unspecified atom stereocenters. The Morgan fingerprint density at radius 2 is 1.81 bits per heavy atom. The Labute approximate surface area is 125 Å². The maximum atomic E-state index is 9.12. The number of halogens is 1. The highest BCUT2D eigenvalue weighted by Gasteiger charge is 2.12. The highest BCUT2D eigenvalue weighted by atomic mass is 35.5. The van der Waals surface area contributed by atoms with Gasteiger partial charge in [0.1, 0.15) is 12.1 Å². The minimum Gasteiger partial charge on any atom is -0.369 e. The topological polar surface area (TPSA) is 91.4 Å². The van der Waals surface area contributed by atoms with Crippen molar-refractivity contribution < 1.29 is 0 Å². The Bertz CT molecular complexity index is 943. The number of hydrogen-bond donors (Lipinski definition) is 1. The van der Waals surface area contributed by atoms with Crippen molar-refractivity contribution in [2.24, 2.45) is 0 Å². The molecule has 0 aliphatic heterocycles. The molecule has 0 aliphatic carbocycles. The van der Waals surface area contributed by atoms with Crippen molar-refractivity contribution in [3.05, 3.63) is 52.5 Å². The van der Waals surface area contributed by atoms with E-state index in [0.717, 1.165) is 5.52 Å². The van der Waals surface area contributed by atoms with Crippen LogP contribution in [0.1, 0.15) is 11.1 Å². The fourth-order valence-electron chi connectivity index (χ4n) is 2.20. The van der Waals surface area contributed by atoms with Crippen molar-refractivity contribution in [3.8, 4) is 17.8 Å². The van der Waals surface area contributed by atoms with Gasteiger partial charge in [-0.2, -0.15) is 10.5 Å². The quantitative estimate of drug-likeness (QED) is 0.746. The van der Waals surface area contributed by atoms with Crippen molar-refractivity contribution in [2.75, 3.05) is 5.73 Å². The average Bonchev–Trinajstić information content (AvgIpc) is 2.81. The van der Waals surface area contributed by atoms with E-state index in [0.29, 0.717) is 33.3 Å². The number of benzene rings is 2. The van der Waals surface area contributed by atoms with Crippen LogP contribution in [0, 0.1) is 22.7 Å². The Balaban J connectivity index is 2.31. The second-order valence-electron chi connectivity index (χ2n) is 4.39. The van der Waals surface area contributed by atoms with Crippen LogP contribution in [-0.2, 0) is 0 Å². The molecule has 2 N–H and O–H groups in total. The van der Waals surface area contributed by atoms with E-state index in [4.69, 9.17) is 27.9 Å². The van der Waals surface area contributed by atoms with Gasteiger partial charge in [-0.05, 0) is 36.4 Å². The number of imidazole rings is 1. The lowest BCUT2D eigenvalue weighted by Gasteiger charge is -2.07. The molecule has 3 rings (SSSR count). The first-order valence-electron chi connectivity index (χ1n) is 6.02. The van der Waals surface area contributed by atoms with E-state index in [1.54, 1.807) is 41.0 Å². The van der Waals surface area contributed by atoms with E-state index in [-0.39, 0.29) is 0 Å². The summed E-state index contributed by atoms with van der Waals surface area (Å²) >= 11 is 6.02. The van der Waals surface area contributed by atoms with Gasteiger partial charge in [-0.25, -0.2) is 4.98 Å². The van der Waals surface area contributed by atoms with Crippen LogP contribution in [-0.4, -0.2) is 9.55 Å². The van der Waals surface area contributed by atoms with E-state index in [1.807, 2.05) is 12.1 Å². The number of rotatable bonds is 1. The average molecular weight is 294 g/mol. The summed E-state index contributed by atoms with van der Waals surface area (Å²) < 4.78 is 1.70. The summed E-state index contributed by atoms with van der Waals surface area (Å²) in [5, 5.41) is 18.7. The molecule has 0 amide bonds. The van der Waals surface area contributed by atoms with Crippen molar-refractivity contribution in [1.82, 2.24) is 9.55 Å². The standard InChI is InChI=1S/C15H8ClN5/c16-11-2-4-13-14(6-11)21(15(19)20-13)12-3-1-9(7-17)10(5-12)8-18/h1-6H,(H2,19,20). The SMILES string of the molecule is N#Cc1ccc(-n2c(N)nc3ccc(Cl)cc32)cc1C#N. The summed E-state index contributed by atoms with van der Waals surface area (Å²) in [5.41, 5.74) is 8.68. The fraction of sp³-hybridized carbons (Fsp3) is 0. The van der Waals surface area contributed by atoms with Gasteiger partial charge in [-0.3, -0.25) is 4.57 Å². The largest absolute Gasteiger partial charge is 0.369 e. The molecule has 0 bridgehead atoms. The highest BCUT2D eigenvalue weighted by molar-refractivity contribution is 6.31. The van der Waals surface area contributed by atoms with E-state index in [2.05, 4.69) is 4.98 Å². The zero-order chi connectivity index (χ0) is 15.0. The van der Waals surface area contributed by atoms with Crippen LogP contribution < -0.4 is 5.73 Å². The van der Waals surface area contributed by atoms with Gasteiger partial charge in [0.2, 0.25) is 5.95 Å². The van der Waals surface area contributed by atoms with Crippen LogP contribution in [0.4, 0.5) is 5.95 Å². The van der Waals surface area contributed by atoms with E-state index in [9.17, 15) is 0 Å². The lowest BCUT2D eigenvalue weighted by atomic mass is 10.1. The number of nitrogens with two attached hydrogens (primary N) is 1. The molecule has 0 spiro atoms. The number of aromatic nitrogens is 2. The van der Waals surface area contributed by atoms with Crippen LogP contribution in [0.15, 0.2) is 36.4 Å². The summed E-state index contributed by atoms with van der Waals surface area (Å²) in [7, 11) is 0. The van der Waals surface area contributed by atoms with E-state index < -0.39 is 0 Å². The molecule has 0 fully saturated rings. The molecule has 1 aromatic heterocycles. The summed E-state index contributed by atoms with van der Waals surface area (Å²) in [6, 6.07) is 14.2. The maximum Gasteiger partial charge on any atom is 0.205 e. The molecule has 1 heterocycles. The second kappa shape index (κ2) is 4.82. The van der Waals surface area contributed by atoms with Crippen LogP contribution in [0.2, 0.25) is 5.02 Å². The zero-order valence-electron chi connectivity index (χ0n) is 10.7. The van der Waals surface area contributed by atoms with Crippen molar-refractivity contribution in [2.45, 2.75) is 0 Å². The number of fused-ring (bicyclic) bond motifs is 1. The third-order valence-corrected chi connectivity index (χ3v) is 3.38. The number of nitrogens with zero attached hydrogens (tertiary/aromatic N) is 4. The second-order valence-corrected chi connectivity index (χ2v) is 4.83. The third-order valence-electron chi connectivity index (χ3n) is 3.14. The minimum atomic E-state index is 0.290. The molecule has 100 valence electrons. The third kappa shape index (κ3) is 2.06. The predicted octanol–water partition coefficient (Wildman–Crippen LogP) is 3.00. The first-order chi connectivity index (χ1) is 10.1. The zero-order valence-corrected chi connectivity index (χ0v) is 11.5. The monoisotopic (exact) mass is 293 g/mol. The van der Waals surface area contributed by atoms with Crippen LogP contribution in [0.5, 0.6) is 0 Å². The smallest absolute Gasteiger partial charge is 0.205 e.